The van der Waals surface area contributed by atoms with Crippen LogP contribution in [0.25, 0.3) is 0 Å². The van der Waals surface area contributed by atoms with Gasteiger partial charge in [-0.15, -0.1) is 0 Å². The molecule has 2 nitrogen and oxygen atoms in total. The number of piperidine rings is 1. The number of carbonyl (C=O) groups excluding carboxylic acids is 1. The summed E-state index contributed by atoms with van der Waals surface area (Å²) in [5.74, 6) is 0.801. The molecular formula is C8H15NOV. The fourth-order valence-electron chi connectivity index (χ4n) is 1.10. The molecule has 1 fully saturated rings. The molecule has 1 amide bonds. The van der Waals surface area contributed by atoms with Crippen molar-refractivity contribution in [3.8, 4) is 0 Å². The van der Waals surface area contributed by atoms with Gasteiger partial charge >= 0.3 is 18.6 Å². The number of likely N-dealkylation sites (tertiary alicyclic amines) is 1. The largest absolute Gasteiger partial charge is 2.00 e. The van der Waals surface area contributed by atoms with Crippen molar-refractivity contribution in [1.82, 2.24) is 4.90 Å². The second-order valence-electron chi connectivity index (χ2n) is 2.76. The third-order valence-electron chi connectivity index (χ3n) is 1.91. The normalized spacial score (nSPS) is 18.1. The van der Waals surface area contributed by atoms with Gasteiger partial charge in [0.05, 0.1) is 0 Å². The molecule has 0 aromatic rings. The van der Waals surface area contributed by atoms with E-state index < -0.39 is 0 Å². The number of nitrogens with zero attached hydrogens (tertiary/aromatic N) is 1. The van der Waals surface area contributed by atoms with Crippen LogP contribution in [0.15, 0.2) is 0 Å². The van der Waals surface area contributed by atoms with Gasteiger partial charge in [0.2, 0.25) is 0 Å². The Labute approximate surface area is 81.2 Å². The van der Waals surface area contributed by atoms with E-state index in [1.54, 1.807) is 4.90 Å². The Hall–Kier alpha value is 0.0544. The summed E-state index contributed by atoms with van der Waals surface area (Å²) < 4.78 is 0. The van der Waals surface area contributed by atoms with Crippen molar-refractivity contribution in [2.75, 3.05) is 13.1 Å². The van der Waals surface area contributed by atoms with Crippen molar-refractivity contribution in [3.63, 3.8) is 0 Å². The van der Waals surface area contributed by atoms with E-state index in [9.17, 15) is 4.79 Å². The van der Waals surface area contributed by atoms with Crippen LogP contribution < -0.4 is 0 Å². The van der Waals surface area contributed by atoms with E-state index in [2.05, 4.69) is 6.92 Å². The first-order valence-corrected chi connectivity index (χ1v) is 3.45. The Morgan fingerprint density at radius 3 is 2.18 bits per heavy atom. The maximum Gasteiger partial charge on any atom is 2.00 e. The molecule has 3 heteroatoms. The minimum absolute atomic E-state index is 0. The van der Waals surface area contributed by atoms with Gasteiger partial charge in [-0.3, -0.25) is 0 Å². The van der Waals surface area contributed by atoms with Gasteiger partial charge in [-0.05, 0) is 31.8 Å². The SMILES string of the molecule is CC1CCN([C-]=O)CC1.[CH3-].[V+2]. The molecule has 1 saturated heterocycles. The zero-order valence-electron chi connectivity index (χ0n) is 7.21. The van der Waals surface area contributed by atoms with Crippen molar-refractivity contribution in [3.05, 3.63) is 7.43 Å². The summed E-state index contributed by atoms with van der Waals surface area (Å²) in [5.41, 5.74) is 0. The van der Waals surface area contributed by atoms with E-state index in [0.29, 0.717) is 0 Å². The van der Waals surface area contributed by atoms with Crippen molar-refractivity contribution in [1.29, 1.82) is 0 Å². The van der Waals surface area contributed by atoms with E-state index in [1.807, 2.05) is 6.41 Å². The maximum atomic E-state index is 10.1. The Balaban J connectivity index is 0. The van der Waals surface area contributed by atoms with Gasteiger partial charge in [0.1, 0.15) is 0 Å². The van der Waals surface area contributed by atoms with Crippen molar-refractivity contribution < 1.29 is 23.4 Å². The van der Waals surface area contributed by atoms with E-state index in [1.165, 1.54) is 0 Å². The van der Waals surface area contributed by atoms with Crippen LogP contribution in [-0.2, 0) is 23.4 Å². The summed E-state index contributed by atoms with van der Waals surface area (Å²) in [7, 11) is 0. The topological polar surface area (TPSA) is 20.3 Å². The third-order valence-corrected chi connectivity index (χ3v) is 1.91. The first kappa shape index (κ1) is 13.6. The van der Waals surface area contributed by atoms with E-state index >= 15 is 0 Å². The van der Waals surface area contributed by atoms with Gasteiger partial charge in [-0.1, -0.05) is 6.92 Å². The van der Waals surface area contributed by atoms with Crippen LogP contribution >= 0.6 is 0 Å². The first-order valence-electron chi connectivity index (χ1n) is 3.45. The molecule has 63 valence electrons. The van der Waals surface area contributed by atoms with Crippen molar-refractivity contribution in [2.45, 2.75) is 19.8 Å². The van der Waals surface area contributed by atoms with Crippen LogP contribution in [0.2, 0.25) is 0 Å². The monoisotopic (exact) mass is 192 g/mol. The molecule has 1 aliphatic heterocycles. The van der Waals surface area contributed by atoms with E-state index in [0.717, 1.165) is 31.8 Å². The first-order chi connectivity index (χ1) is 4.33. The molecule has 0 aromatic carbocycles. The summed E-state index contributed by atoms with van der Waals surface area (Å²) in [4.78, 5) is 11.8. The predicted octanol–water partition coefficient (Wildman–Crippen LogP) is 1.23. The van der Waals surface area contributed by atoms with Crippen LogP contribution in [0.3, 0.4) is 0 Å². The van der Waals surface area contributed by atoms with Crippen molar-refractivity contribution in [2.24, 2.45) is 5.92 Å². The van der Waals surface area contributed by atoms with Crippen LogP contribution in [0, 0.1) is 13.3 Å². The van der Waals surface area contributed by atoms with Gasteiger partial charge in [-0.2, -0.15) is 6.41 Å². The fourth-order valence-corrected chi connectivity index (χ4v) is 1.10. The van der Waals surface area contributed by atoms with Crippen LogP contribution in [0.4, 0.5) is 0 Å². The minimum Gasteiger partial charge on any atom is -0.520 e. The summed E-state index contributed by atoms with van der Waals surface area (Å²) in [5, 5.41) is 0. The van der Waals surface area contributed by atoms with Gasteiger partial charge in [0.15, 0.2) is 0 Å². The summed E-state index contributed by atoms with van der Waals surface area (Å²) in [6.45, 7) is 4.04. The predicted molar refractivity (Wildman–Crippen MR) is 42.1 cm³/mol. The fraction of sp³-hybridized carbons (Fsp3) is 0.750. The van der Waals surface area contributed by atoms with E-state index in [4.69, 9.17) is 0 Å². The zero-order valence-corrected chi connectivity index (χ0v) is 8.61. The molecule has 0 bridgehead atoms. The van der Waals surface area contributed by atoms with E-state index in [-0.39, 0.29) is 26.0 Å². The number of hydrogen-bond donors (Lipinski definition) is 0. The van der Waals surface area contributed by atoms with Crippen LogP contribution in [0.5, 0.6) is 0 Å². The average molecular weight is 192 g/mol. The Morgan fingerprint density at radius 2 is 1.82 bits per heavy atom. The number of amides is 1. The number of hydrogen-bond acceptors (Lipinski definition) is 1. The second kappa shape index (κ2) is 6.75. The minimum atomic E-state index is 0. The van der Waals surface area contributed by atoms with Gasteiger partial charge in [0.25, 0.3) is 0 Å². The average Bonchev–Trinajstić information content (AvgIpc) is 1.90. The maximum absolute atomic E-state index is 10.1. The molecule has 1 rings (SSSR count). The Kier molecular flexibility index (Phi) is 8.36. The molecule has 1 radical (unpaired) electrons. The van der Waals surface area contributed by atoms with Gasteiger partial charge in [0, 0.05) is 0 Å². The molecule has 1 heterocycles. The van der Waals surface area contributed by atoms with Crippen molar-refractivity contribution >= 4 is 6.41 Å². The standard InChI is InChI=1S/C7H12NO.CH3.V/c1-7-2-4-8(6-9)5-3-7;;/h7H,2-5H2,1H3;1H3;/q2*-1;+2. The Morgan fingerprint density at radius 1 is 1.36 bits per heavy atom. The molecule has 0 N–H and O–H groups in total. The molecular weight excluding hydrogens is 177 g/mol. The molecule has 0 unspecified atom stereocenters. The summed E-state index contributed by atoms with van der Waals surface area (Å²) in [6.07, 6.45) is 4.20. The molecule has 0 atom stereocenters. The van der Waals surface area contributed by atoms with Gasteiger partial charge in [-0.25, -0.2) is 0 Å². The Bertz CT molecular complexity index is 100. The quantitative estimate of drug-likeness (QED) is 0.572. The summed E-state index contributed by atoms with van der Waals surface area (Å²) in [6, 6.07) is 0. The molecule has 11 heavy (non-hydrogen) atoms. The molecule has 0 aliphatic carbocycles. The molecule has 1 aliphatic rings. The smallest absolute Gasteiger partial charge is 0.520 e. The van der Waals surface area contributed by atoms with Crippen LogP contribution in [-0.4, -0.2) is 24.4 Å². The molecule has 0 aromatic heterocycles. The number of rotatable bonds is 1. The van der Waals surface area contributed by atoms with Gasteiger partial charge < -0.3 is 17.1 Å². The molecule has 0 saturated carbocycles. The third kappa shape index (κ3) is 4.49. The van der Waals surface area contributed by atoms with Crippen LogP contribution in [0.1, 0.15) is 19.8 Å². The zero-order chi connectivity index (χ0) is 6.69. The summed E-state index contributed by atoms with van der Waals surface area (Å²) >= 11 is 0. The molecule has 0 spiro atoms. The second-order valence-corrected chi connectivity index (χ2v) is 2.76.